The van der Waals surface area contributed by atoms with Crippen LogP contribution in [0.5, 0.6) is 0 Å². The molecule has 2 aromatic rings. The Labute approximate surface area is 137 Å². The third kappa shape index (κ3) is 3.86. The second-order valence-corrected chi connectivity index (χ2v) is 6.60. The third-order valence-electron chi connectivity index (χ3n) is 3.29. The molecule has 1 heterocycles. The third-order valence-corrected chi connectivity index (χ3v) is 5.07. The topological polar surface area (TPSA) is 12.9 Å². The number of pyridine rings is 1. The maximum Gasteiger partial charge on any atom is 0.416 e. The Kier molecular flexibility index (Phi) is 5.09. The minimum atomic E-state index is -4.39. The predicted molar refractivity (Wildman–Crippen MR) is 83.5 cm³/mol. The molecule has 6 heteroatoms. The lowest BCUT2D eigenvalue weighted by Gasteiger charge is -2.23. The van der Waals surface area contributed by atoms with Gasteiger partial charge in [0.05, 0.1) is 5.56 Å². The van der Waals surface area contributed by atoms with Gasteiger partial charge in [0.2, 0.25) is 0 Å². The Morgan fingerprint density at radius 2 is 1.71 bits per heavy atom. The van der Waals surface area contributed by atoms with E-state index < -0.39 is 16.6 Å². The molecule has 0 radical (unpaired) electrons. The van der Waals surface area contributed by atoms with Crippen molar-refractivity contribution in [1.29, 1.82) is 0 Å². The average molecular weight is 423 g/mol. The van der Waals surface area contributed by atoms with Crippen LogP contribution in [0.15, 0.2) is 47.2 Å². The fraction of sp³-hybridized carbons (Fsp3) is 0.267. The second-order valence-electron chi connectivity index (χ2n) is 4.70. The molecule has 1 aromatic carbocycles. The van der Waals surface area contributed by atoms with Crippen LogP contribution in [0.2, 0.25) is 0 Å². The van der Waals surface area contributed by atoms with Gasteiger partial charge < -0.3 is 0 Å². The van der Waals surface area contributed by atoms with Crippen molar-refractivity contribution in [3.8, 4) is 0 Å². The van der Waals surface area contributed by atoms with Crippen molar-refractivity contribution in [2.75, 3.05) is 0 Å². The smallest absolute Gasteiger partial charge is 0.265 e. The van der Waals surface area contributed by atoms with Crippen LogP contribution in [-0.4, -0.2) is 4.98 Å². The highest BCUT2D eigenvalue weighted by atomic mass is 79.9. The number of halogens is 5. The minimum absolute atomic E-state index is 0.115. The van der Waals surface area contributed by atoms with E-state index in [0.717, 1.165) is 11.6 Å². The van der Waals surface area contributed by atoms with Crippen LogP contribution >= 0.6 is 31.9 Å². The Hall–Kier alpha value is -0.880. The van der Waals surface area contributed by atoms with Crippen molar-refractivity contribution in [1.82, 2.24) is 4.98 Å². The van der Waals surface area contributed by atoms with E-state index in [1.165, 1.54) is 6.07 Å². The first-order chi connectivity index (χ1) is 9.80. The van der Waals surface area contributed by atoms with Crippen molar-refractivity contribution < 1.29 is 13.2 Å². The van der Waals surface area contributed by atoms with Gasteiger partial charge in [0, 0.05) is 21.7 Å². The Morgan fingerprint density at radius 3 is 2.29 bits per heavy atom. The first kappa shape index (κ1) is 16.5. The number of nitrogens with zero attached hydrogens (tertiary/aromatic N) is 1. The summed E-state index contributed by atoms with van der Waals surface area (Å²) in [5.74, 6) is -0.115. The van der Waals surface area contributed by atoms with Crippen LogP contribution < -0.4 is 0 Å². The summed E-state index contributed by atoms with van der Waals surface area (Å²) in [6.45, 7) is 1.89. The zero-order valence-corrected chi connectivity index (χ0v) is 14.2. The molecule has 0 bridgehead atoms. The van der Waals surface area contributed by atoms with Crippen molar-refractivity contribution in [2.45, 2.75) is 23.8 Å². The molecule has 2 rings (SSSR count). The van der Waals surface area contributed by atoms with Gasteiger partial charge in [0.25, 0.3) is 0 Å². The molecule has 0 fully saturated rings. The van der Waals surface area contributed by atoms with Gasteiger partial charge in [-0.3, -0.25) is 4.98 Å². The molecule has 0 aliphatic heterocycles. The van der Waals surface area contributed by atoms with E-state index >= 15 is 0 Å². The van der Waals surface area contributed by atoms with E-state index in [2.05, 4.69) is 36.8 Å². The molecule has 0 N–H and O–H groups in total. The van der Waals surface area contributed by atoms with Gasteiger partial charge in [-0.15, -0.1) is 0 Å². The van der Waals surface area contributed by atoms with E-state index in [1.54, 1.807) is 18.5 Å². The molecule has 112 valence electrons. The molecule has 0 saturated heterocycles. The minimum Gasteiger partial charge on any atom is -0.265 e. The molecule has 0 aliphatic rings. The number of rotatable bonds is 3. The van der Waals surface area contributed by atoms with Crippen LogP contribution in [0.4, 0.5) is 13.2 Å². The number of hydrogen-bond acceptors (Lipinski definition) is 1. The first-order valence-electron chi connectivity index (χ1n) is 6.21. The van der Waals surface area contributed by atoms with Gasteiger partial charge in [-0.05, 0) is 41.3 Å². The summed E-state index contributed by atoms with van der Waals surface area (Å²) in [4.78, 5) is 3.49. The van der Waals surface area contributed by atoms with Gasteiger partial charge in [-0.25, -0.2) is 0 Å². The molecule has 21 heavy (non-hydrogen) atoms. The molecule has 0 spiro atoms. The predicted octanol–water partition coefficient (Wildman–Crippen LogP) is 6.10. The van der Waals surface area contributed by atoms with Gasteiger partial charge in [0.1, 0.15) is 0 Å². The standard InChI is InChI=1S/C15H12Br2F3N/c1-9(10-4-6-21-7-5-10)14(17)12-3-2-11(16)8-13(12)15(18,19)20/h2-9,14H,1H3. The summed E-state index contributed by atoms with van der Waals surface area (Å²) in [5.41, 5.74) is 0.539. The molecule has 1 aromatic heterocycles. The van der Waals surface area contributed by atoms with E-state index in [0.29, 0.717) is 4.47 Å². The van der Waals surface area contributed by atoms with Gasteiger partial charge >= 0.3 is 6.18 Å². The number of alkyl halides is 4. The van der Waals surface area contributed by atoms with Crippen molar-refractivity contribution in [3.63, 3.8) is 0 Å². The fourth-order valence-electron chi connectivity index (χ4n) is 2.12. The summed E-state index contributed by atoms with van der Waals surface area (Å²) >= 11 is 6.52. The zero-order valence-electron chi connectivity index (χ0n) is 11.0. The molecule has 1 nitrogen and oxygen atoms in total. The summed E-state index contributed by atoms with van der Waals surface area (Å²) in [7, 11) is 0. The highest BCUT2D eigenvalue weighted by Gasteiger charge is 2.36. The van der Waals surface area contributed by atoms with Crippen LogP contribution in [-0.2, 0) is 6.18 Å². The molecular formula is C15H12Br2F3N. The van der Waals surface area contributed by atoms with E-state index in [9.17, 15) is 13.2 Å². The SMILES string of the molecule is CC(c1ccncc1)C(Br)c1ccc(Br)cc1C(F)(F)F. The maximum atomic E-state index is 13.2. The Morgan fingerprint density at radius 1 is 1.10 bits per heavy atom. The molecule has 0 aliphatic carbocycles. The quantitative estimate of drug-likeness (QED) is 0.544. The van der Waals surface area contributed by atoms with Crippen molar-refractivity contribution >= 4 is 31.9 Å². The summed E-state index contributed by atoms with van der Waals surface area (Å²) in [6, 6.07) is 7.86. The molecule has 2 unspecified atom stereocenters. The highest BCUT2D eigenvalue weighted by molar-refractivity contribution is 9.10. The molecule has 0 amide bonds. The van der Waals surface area contributed by atoms with Crippen LogP contribution in [0.3, 0.4) is 0 Å². The fourth-order valence-corrected chi connectivity index (χ4v) is 3.19. The summed E-state index contributed by atoms with van der Waals surface area (Å²) in [5, 5.41) is 0. The largest absolute Gasteiger partial charge is 0.416 e. The number of hydrogen-bond donors (Lipinski definition) is 0. The molecule has 0 saturated carbocycles. The highest BCUT2D eigenvalue weighted by Crippen LogP contribution is 2.44. The van der Waals surface area contributed by atoms with Gasteiger partial charge in [-0.1, -0.05) is 44.8 Å². The van der Waals surface area contributed by atoms with Gasteiger partial charge in [0.15, 0.2) is 0 Å². The lowest BCUT2D eigenvalue weighted by atomic mass is 9.91. The maximum absolute atomic E-state index is 13.2. The second kappa shape index (κ2) is 6.48. The molecular weight excluding hydrogens is 411 g/mol. The van der Waals surface area contributed by atoms with Crippen LogP contribution in [0.25, 0.3) is 0 Å². The zero-order chi connectivity index (χ0) is 15.6. The normalized spacial score (nSPS) is 14.8. The molecule has 2 atom stereocenters. The van der Waals surface area contributed by atoms with Crippen LogP contribution in [0, 0.1) is 0 Å². The van der Waals surface area contributed by atoms with E-state index in [1.807, 2.05) is 19.1 Å². The number of benzene rings is 1. The lowest BCUT2D eigenvalue weighted by Crippen LogP contribution is -2.13. The number of aromatic nitrogens is 1. The van der Waals surface area contributed by atoms with Crippen LogP contribution in [0.1, 0.15) is 34.4 Å². The van der Waals surface area contributed by atoms with Crippen molar-refractivity contribution in [2.24, 2.45) is 0 Å². The lowest BCUT2D eigenvalue weighted by molar-refractivity contribution is -0.138. The Balaban J connectivity index is 2.42. The summed E-state index contributed by atoms with van der Waals surface area (Å²) < 4.78 is 40.0. The Bertz CT molecular complexity index is 614. The summed E-state index contributed by atoms with van der Waals surface area (Å²) in [6.07, 6.45) is -1.11. The monoisotopic (exact) mass is 421 g/mol. The van der Waals surface area contributed by atoms with Gasteiger partial charge in [-0.2, -0.15) is 13.2 Å². The van der Waals surface area contributed by atoms with E-state index in [-0.39, 0.29) is 11.5 Å². The van der Waals surface area contributed by atoms with Crippen molar-refractivity contribution in [3.05, 3.63) is 63.9 Å². The van der Waals surface area contributed by atoms with E-state index in [4.69, 9.17) is 0 Å². The first-order valence-corrected chi connectivity index (χ1v) is 7.92. The average Bonchev–Trinajstić information content (AvgIpc) is 2.45.